The summed E-state index contributed by atoms with van der Waals surface area (Å²) in [7, 11) is 0. The monoisotopic (exact) mass is 374 g/mol. The minimum atomic E-state index is -0.344. The lowest BCUT2D eigenvalue weighted by molar-refractivity contribution is -0.132. The van der Waals surface area contributed by atoms with E-state index in [4.69, 9.17) is 4.74 Å². The van der Waals surface area contributed by atoms with Crippen molar-refractivity contribution >= 4 is 11.8 Å². The molecule has 7 heteroatoms. The Morgan fingerprint density at radius 1 is 1.26 bits per heavy atom. The largest absolute Gasteiger partial charge is 0.372 e. The summed E-state index contributed by atoms with van der Waals surface area (Å²) in [6, 6.07) is 0. The van der Waals surface area contributed by atoms with Crippen molar-refractivity contribution in [3.8, 4) is 0 Å². The first kappa shape index (κ1) is 19.7. The molecule has 3 rings (SSSR count). The van der Waals surface area contributed by atoms with Crippen molar-refractivity contribution in [2.24, 2.45) is 5.41 Å². The SMILES string of the molecule is CC(C)(C)CCN1CC2(CCN(C(=O)c3cnccn3)CC2)OCCC1=O. The van der Waals surface area contributed by atoms with Gasteiger partial charge in [0, 0.05) is 38.6 Å². The van der Waals surface area contributed by atoms with Gasteiger partial charge in [-0.05, 0) is 24.7 Å². The second-order valence-corrected chi connectivity index (χ2v) is 8.79. The molecule has 0 saturated carbocycles. The number of hydrogen-bond acceptors (Lipinski definition) is 5. The van der Waals surface area contributed by atoms with Crippen LogP contribution in [0.3, 0.4) is 0 Å². The van der Waals surface area contributed by atoms with Crippen LogP contribution in [0.2, 0.25) is 0 Å². The van der Waals surface area contributed by atoms with Crippen molar-refractivity contribution in [1.29, 1.82) is 0 Å². The Balaban J connectivity index is 1.63. The first-order chi connectivity index (χ1) is 12.8. The van der Waals surface area contributed by atoms with Crippen LogP contribution in [0.15, 0.2) is 18.6 Å². The molecule has 1 spiro atoms. The lowest BCUT2D eigenvalue weighted by atomic mass is 9.89. The fourth-order valence-corrected chi connectivity index (χ4v) is 3.66. The van der Waals surface area contributed by atoms with Crippen LogP contribution in [0.1, 0.15) is 56.9 Å². The Kier molecular flexibility index (Phi) is 5.79. The summed E-state index contributed by atoms with van der Waals surface area (Å²) in [4.78, 5) is 36.9. The van der Waals surface area contributed by atoms with Crippen molar-refractivity contribution in [2.45, 2.75) is 52.1 Å². The van der Waals surface area contributed by atoms with Crippen LogP contribution in [0.5, 0.6) is 0 Å². The zero-order chi connectivity index (χ0) is 19.5. The van der Waals surface area contributed by atoms with E-state index in [9.17, 15) is 9.59 Å². The maximum atomic E-state index is 12.6. The van der Waals surface area contributed by atoms with Gasteiger partial charge in [-0.2, -0.15) is 0 Å². The van der Waals surface area contributed by atoms with Crippen molar-refractivity contribution in [3.05, 3.63) is 24.3 Å². The maximum absolute atomic E-state index is 12.6. The Morgan fingerprint density at radius 3 is 2.63 bits per heavy atom. The molecule has 1 aromatic heterocycles. The highest BCUT2D eigenvalue weighted by molar-refractivity contribution is 5.92. The Morgan fingerprint density at radius 2 is 2.00 bits per heavy atom. The van der Waals surface area contributed by atoms with Crippen LogP contribution in [-0.4, -0.2) is 70.0 Å². The normalized spacial score (nSPS) is 20.6. The summed E-state index contributed by atoms with van der Waals surface area (Å²) < 4.78 is 6.17. The minimum Gasteiger partial charge on any atom is -0.372 e. The van der Waals surface area contributed by atoms with Crippen LogP contribution >= 0.6 is 0 Å². The number of nitrogens with zero attached hydrogens (tertiary/aromatic N) is 4. The number of carbonyl (C=O) groups excluding carboxylic acids is 2. The molecule has 0 radical (unpaired) electrons. The molecular weight excluding hydrogens is 344 g/mol. The van der Waals surface area contributed by atoms with Crippen LogP contribution in [0.4, 0.5) is 0 Å². The van der Waals surface area contributed by atoms with E-state index in [-0.39, 0.29) is 22.8 Å². The third kappa shape index (κ3) is 5.03. The molecule has 148 valence electrons. The number of hydrogen-bond donors (Lipinski definition) is 0. The van der Waals surface area contributed by atoms with Gasteiger partial charge in [-0.25, -0.2) is 4.98 Å². The maximum Gasteiger partial charge on any atom is 0.274 e. The van der Waals surface area contributed by atoms with E-state index in [1.807, 2.05) is 9.80 Å². The number of aromatic nitrogens is 2. The summed E-state index contributed by atoms with van der Waals surface area (Å²) >= 11 is 0. The van der Waals surface area contributed by atoms with Gasteiger partial charge < -0.3 is 14.5 Å². The molecule has 0 atom stereocenters. The fourth-order valence-electron chi connectivity index (χ4n) is 3.66. The van der Waals surface area contributed by atoms with Crippen LogP contribution in [0.25, 0.3) is 0 Å². The van der Waals surface area contributed by atoms with Crippen LogP contribution < -0.4 is 0 Å². The Hall–Kier alpha value is -2.02. The molecule has 2 saturated heterocycles. The van der Waals surface area contributed by atoms with E-state index >= 15 is 0 Å². The zero-order valence-electron chi connectivity index (χ0n) is 16.6. The molecule has 3 heterocycles. The van der Waals surface area contributed by atoms with Gasteiger partial charge in [-0.1, -0.05) is 20.8 Å². The van der Waals surface area contributed by atoms with Crippen molar-refractivity contribution < 1.29 is 14.3 Å². The molecule has 1 aromatic rings. The minimum absolute atomic E-state index is 0.0905. The van der Waals surface area contributed by atoms with Gasteiger partial charge in [-0.3, -0.25) is 14.6 Å². The molecule has 2 aliphatic rings. The number of carbonyl (C=O) groups is 2. The topological polar surface area (TPSA) is 75.6 Å². The third-order valence-electron chi connectivity index (χ3n) is 5.43. The quantitative estimate of drug-likeness (QED) is 0.810. The molecule has 2 aliphatic heterocycles. The standard InChI is InChI=1S/C20H30N4O3/c1-19(2,3)5-10-24-15-20(27-13-4-17(24)25)6-11-23(12-7-20)18(26)16-14-21-8-9-22-16/h8-9,14H,4-7,10-13,15H2,1-3H3. The zero-order valence-corrected chi connectivity index (χ0v) is 16.6. The van der Waals surface area contributed by atoms with E-state index in [0.29, 0.717) is 38.4 Å². The smallest absolute Gasteiger partial charge is 0.274 e. The molecule has 2 amide bonds. The average molecular weight is 374 g/mol. The molecule has 2 fully saturated rings. The van der Waals surface area contributed by atoms with E-state index in [1.54, 1.807) is 6.20 Å². The highest BCUT2D eigenvalue weighted by Crippen LogP contribution is 2.31. The third-order valence-corrected chi connectivity index (χ3v) is 5.43. The molecule has 0 aromatic carbocycles. The van der Waals surface area contributed by atoms with Gasteiger partial charge in [0.15, 0.2) is 0 Å². The molecular formula is C20H30N4O3. The van der Waals surface area contributed by atoms with Gasteiger partial charge in [0.05, 0.1) is 24.8 Å². The average Bonchev–Trinajstić information content (AvgIpc) is 2.79. The fraction of sp³-hybridized carbons (Fsp3) is 0.700. The predicted molar refractivity (Wildman–Crippen MR) is 101 cm³/mol. The van der Waals surface area contributed by atoms with Crippen molar-refractivity contribution in [2.75, 3.05) is 32.8 Å². The molecule has 7 nitrogen and oxygen atoms in total. The molecule has 27 heavy (non-hydrogen) atoms. The number of ether oxygens (including phenoxy) is 1. The summed E-state index contributed by atoms with van der Waals surface area (Å²) in [5, 5.41) is 0. The van der Waals surface area contributed by atoms with Gasteiger partial charge in [0.2, 0.25) is 5.91 Å². The molecule has 0 N–H and O–H groups in total. The van der Waals surface area contributed by atoms with Crippen molar-refractivity contribution in [3.63, 3.8) is 0 Å². The molecule has 0 unspecified atom stereocenters. The van der Waals surface area contributed by atoms with Crippen LogP contribution in [-0.2, 0) is 9.53 Å². The van der Waals surface area contributed by atoms with Gasteiger partial charge in [0.1, 0.15) is 5.69 Å². The highest BCUT2D eigenvalue weighted by atomic mass is 16.5. The second-order valence-electron chi connectivity index (χ2n) is 8.79. The van der Waals surface area contributed by atoms with Gasteiger partial charge in [-0.15, -0.1) is 0 Å². The van der Waals surface area contributed by atoms with E-state index in [2.05, 4.69) is 30.7 Å². The summed E-state index contributed by atoms with van der Waals surface area (Å²) in [5.74, 6) is 0.0847. The Labute approximate surface area is 161 Å². The first-order valence-corrected chi connectivity index (χ1v) is 9.75. The molecule has 0 aliphatic carbocycles. The summed E-state index contributed by atoms with van der Waals surface area (Å²) in [6.07, 6.45) is 7.47. The number of amides is 2. The Bertz CT molecular complexity index is 664. The highest BCUT2D eigenvalue weighted by Gasteiger charge is 2.41. The van der Waals surface area contributed by atoms with Crippen LogP contribution in [0, 0.1) is 5.41 Å². The molecule has 0 bridgehead atoms. The number of piperidine rings is 1. The predicted octanol–water partition coefficient (Wildman–Crippen LogP) is 2.14. The van der Waals surface area contributed by atoms with E-state index in [1.165, 1.54) is 12.4 Å². The van der Waals surface area contributed by atoms with E-state index in [0.717, 1.165) is 25.8 Å². The van der Waals surface area contributed by atoms with Gasteiger partial charge in [0.25, 0.3) is 5.91 Å². The lowest BCUT2D eigenvalue weighted by Gasteiger charge is -2.42. The second kappa shape index (κ2) is 7.92. The summed E-state index contributed by atoms with van der Waals surface area (Å²) in [5.41, 5.74) is 0.216. The van der Waals surface area contributed by atoms with Crippen molar-refractivity contribution in [1.82, 2.24) is 19.8 Å². The number of likely N-dealkylation sites (tertiary alicyclic amines) is 1. The van der Waals surface area contributed by atoms with Gasteiger partial charge >= 0.3 is 0 Å². The lowest BCUT2D eigenvalue weighted by Crippen LogP contribution is -2.53. The first-order valence-electron chi connectivity index (χ1n) is 9.75. The summed E-state index contributed by atoms with van der Waals surface area (Å²) in [6.45, 7) is 9.63. The van der Waals surface area contributed by atoms with E-state index < -0.39 is 0 Å². The number of rotatable bonds is 3.